The normalized spacial score (nSPS) is 20.2. The van der Waals surface area contributed by atoms with Gasteiger partial charge in [-0.05, 0) is 19.8 Å². The summed E-state index contributed by atoms with van der Waals surface area (Å²) in [6.45, 7) is 6.27. The summed E-state index contributed by atoms with van der Waals surface area (Å²) in [4.78, 5) is 12.2. The van der Waals surface area contributed by atoms with Gasteiger partial charge >= 0.3 is 6.01 Å². The number of anilines is 2. The topological polar surface area (TPSA) is 95.2 Å². The third-order valence-corrected chi connectivity index (χ3v) is 3.10. The molecule has 1 saturated heterocycles. The van der Waals surface area contributed by atoms with Gasteiger partial charge in [-0.2, -0.15) is 15.0 Å². The predicted molar refractivity (Wildman–Crippen MR) is 72.0 cm³/mol. The molecule has 106 valence electrons. The number of ether oxygens (including phenoxy) is 2. The largest absolute Gasteiger partial charge is 0.463 e. The molecule has 7 nitrogen and oxygen atoms in total. The van der Waals surface area contributed by atoms with Crippen molar-refractivity contribution in [3.63, 3.8) is 0 Å². The average molecular weight is 267 g/mol. The average Bonchev–Trinajstić information content (AvgIpc) is 2.89. The Labute approximate surface area is 112 Å². The fraction of sp³-hybridized carbons (Fsp3) is 0.750. The molecule has 2 atom stereocenters. The van der Waals surface area contributed by atoms with Gasteiger partial charge in [0.05, 0.1) is 13.2 Å². The van der Waals surface area contributed by atoms with Crippen LogP contribution in [0.15, 0.2) is 0 Å². The highest BCUT2D eigenvalue weighted by Crippen LogP contribution is 2.19. The predicted octanol–water partition coefficient (Wildman–Crippen LogP) is 1.08. The minimum atomic E-state index is 0.165. The molecular weight excluding hydrogens is 246 g/mol. The first-order chi connectivity index (χ1) is 9.19. The first-order valence-corrected chi connectivity index (χ1v) is 6.67. The lowest BCUT2D eigenvalue weighted by molar-refractivity contribution is 0.183. The molecule has 0 spiro atoms. The van der Waals surface area contributed by atoms with E-state index in [0.29, 0.717) is 18.5 Å². The molecule has 2 heterocycles. The van der Waals surface area contributed by atoms with Crippen LogP contribution in [0.4, 0.5) is 11.9 Å². The van der Waals surface area contributed by atoms with Gasteiger partial charge in [0.1, 0.15) is 0 Å². The zero-order valence-electron chi connectivity index (χ0n) is 11.4. The molecular formula is C12H21N5O2. The summed E-state index contributed by atoms with van der Waals surface area (Å²) in [5, 5.41) is 3.24. The molecule has 0 saturated carbocycles. The summed E-state index contributed by atoms with van der Waals surface area (Å²) in [6, 6.07) is 0.495. The molecule has 1 aromatic heterocycles. The summed E-state index contributed by atoms with van der Waals surface area (Å²) >= 11 is 0. The molecule has 0 radical (unpaired) electrons. The van der Waals surface area contributed by atoms with Crippen molar-refractivity contribution >= 4 is 11.9 Å². The number of nitrogens with two attached hydrogens (primary N) is 1. The number of nitrogen functional groups attached to an aromatic ring is 1. The van der Waals surface area contributed by atoms with Gasteiger partial charge in [-0.15, -0.1) is 0 Å². The van der Waals surface area contributed by atoms with E-state index in [2.05, 4.69) is 27.2 Å². The van der Waals surface area contributed by atoms with E-state index in [9.17, 15) is 0 Å². The molecule has 1 aliphatic heterocycles. The third-order valence-electron chi connectivity index (χ3n) is 3.10. The van der Waals surface area contributed by atoms with Crippen LogP contribution in [0.3, 0.4) is 0 Å². The molecule has 3 N–H and O–H groups in total. The molecule has 2 rings (SSSR count). The number of aromatic nitrogens is 3. The maximum Gasteiger partial charge on any atom is 0.323 e. The van der Waals surface area contributed by atoms with Crippen LogP contribution in [-0.4, -0.2) is 40.8 Å². The van der Waals surface area contributed by atoms with Gasteiger partial charge in [0.25, 0.3) is 0 Å². The minimum absolute atomic E-state index is 0.165. The van der Waals surface area contributed by atoms with E-state index >= 15 is 0 Å². The van der Waals surface area contributed by atoms with E-state index < -0.39 is 0 Å². The van der Waals surface area contributed by atoms with Gasteiger partial charge in [-0.3, -0.25) is 0 Å². The number of nitrogens with one attached hydrogen (secondary N) is 1. The van der Waals surface area contributed by atoms with Gasteiger partial charge in [0, 0.05) is 18.6 Å². The van der Waals surface area contributed by atoms with E-state index in [1.54, 1.807) is 0 Å². The van der Waals surface area contributed by atoms with Crippen LogP contribution in [0.2, 0.25) is 0 Å². The van der Waals surface area contributed by atoms with Crippen molar-refractivity contribution < 1.29 is 9.47 Å². The molecule has 1 fully saturated rings. The Balaban J connectivity index is 2.00. The van der Waals surface area contributed by atoms with Crippen LogP contribution in [0.25, 0.3) is 0 Å². The molecule has 19 heavy (non-hydrogen) atoms. The molecule has 1 aromatic rings. The highest BCUT2D eigenvalue weighted by Gasteiger charge is 2.23. The van der Waals surface area contributed by atoms with Crippen molar-refractivity contribution in [2.24, 2.45) is 5.92 Å². The number of rotatable bonds is 6. The zero-order valence-corrected chi connectivity index (χ0v) is 11.4. The van der Waals surface area contributed by atoms with Gasteiger partial charge in [-0.25, -0.2) is 0 Å². The zero-order chi connectivity index (χ0) is 13.7. The molecule has 0 amide bonds. The Hall–Kier alpha value is -1.63. The maximum atomic E-state index is 5.65. The Morgan fingerprint density at radius 1 is 1.47 bits per heavy atom. The summed E-state index contributed by atoms with van der Waals surface area (Å²) < 4.78 is 10.8. The fourth-order valence-electron chi connectivity index (χ4n) is 1.96. The van der Waals surface area contributed by atoms with Crippen LogP contribution in [-0.2, 0) is 4.74 Å². The molecule has 1 aliphatic rings. The summed E-state index contributed by atoms with van der Waals surface area (Å²) in [5.74, 6) is 1.09. The van der Waals surface area contributed by atoms with E-state index in [1.807, 2.05) is 6.92 Å². The van der Waals surface area contributed by atoms with E-state index in [-0.39, 0.29) is 18.0 Å². The first-order valence-electron chi connectivity index (χ1n) is 6.67. The van der Waals surface area contributed by atoms with Crippen molar-refractivity contribution in [3.8, 4) is 6.01 Å². The lowest BCUT2D eigenvalue weighted by Gasteiger charge is -2.19. The van der Waals surface area contributed by atoms with Crippen molar-refractivity contribution in [1.29, 1.82) is 0 Å². The lowest BCUT2D eigenvalue weighted by Crippen LogP contribution is -2.27. The highest BCUT2D eigenvalue weighted by molar-refractivity contribution is 5.33. The third kappa shape index (κ3) is 3.92. The number of hydrogen-bond donors (Lipinski definition) is 2. The Morgan fingerprint density at radius 3 is 3.00 bits per heavy atom. The minimum Gasteiger partial charge on any atom is -0.463 e. The smallest absolute Gasteiger partial charge is 0.323 e. The second-order valence-electron chi connectivity index (χ2n) is 4.70. The Morgan fingerprint density at radius 2 is 2.32 bits per heavy atom. The van der Waals surface area contributed by atoms with E-state index in [0.717, 1.165) is 26.1 Å². The van der Waals surface area contributed by atoms with Crippen LogP contribution in [0.1, 0.15) is 26.7 Å². The summed E-state index contributed by atoms with van der Waals surface area (Å²) in [6.07, 6.45) is 1.94. The van der Waals surface area contributed by atoms with E-state index in [1.165, 1.54) is 0 Å². The van der Waals surface area contributed by atoms with Crippen molar-refractivity contribution in [2.75, 3.05) is 30.9 Å². The second kappa shape index (κ2) is 6.51. The standard InChI is InChI=1S/C12H21N5O2/c1-3-5-19-12-16-10(13)15-11(17-12)14-8(2)9-4-6-18-7-9/h8-9H,3-7H2,1-2H3,(H3,13,14,15,16,17). The Bertz CT molecular complexity index is 409. The van der Waals surface area contributed by atoms with Gasteiger partial charge < -0.3 is 20.5 Å². The van der Waals surface area contributed by atoms with Crippen molar-refractivity contribution in [3.05, 3.63) is 0 Å². The fourth-order valence-corrected chi connectivity index (χ4v) is 1.96. The maximum absolute atomic E-state index is 5.65. The van der Waals surface area contributed by atoms with E-state index in [4.69, 9.17) is 15.2 Å². The lowest BCUT2D eigenvalue weighted by atomic mass is 10.0. The van der Waals surface area contributed by atoms with Crippen LogP contribution < -0.4 is 15.8 Å². The molecule has 0 bridgehead atoms. The van der Waals surface area contributed by atoms with Crippen molar-refractivity contribution in [2.45, 2.75) is 32.7 Å². The molecule has 0 aliphatic carbocycles. The second-order valence-corrected chi connectivity index (χ2v) is 4.70. The monoisotopic (exact) mass is 267 g/mol. The number of hydrogen-bond acceptors (Lipinski definition) is 7. The first kappa shape index (κ1) is 13.8. The summed E-state index contributed by atoms with van der Waals surface area (Å²) in [5.41, 5.74) is 5.65. The Kier molecular flexibility index (Phi) is 4.73. The van der Waals surface area contributed by atoms with Crippen molar-refractivity contribution in [1.82, 2.24) is 15.0 Å². The van der Waals surface area contributed by atoms with Crippen LogP contribution in [0.5, 0.6) is 6.01 Å². The molecule has 2 unspecified atom stereocenters. The molecule has 7 heteroatoms. The van der Waals surface area contributed by atoms with Gasteiger partial charge in [0.2, 0.25) is 11.9 Å². The summed E-state index contributed by atoms with van der Waals surface area (Å²) in [7, 11) is 0. The SMILES string of the molecule is CCCOc1nc(N)nc(NC(C)C2CCOC2)n1. The highest BCUT2D eigenvalue weighted by atomic mass is 16.5. The van der Waals surface area contributed by atoms with Gasteiger partial charge in [0.15, 0.2) is 0 Å². The van der Waals surface area contributed by atoms with Crippen LogP contribution >= 0.6 is 0 Å². The van der Waals surface area contributed by atoms with Gasteiger partial charge in [-0.1, -0.05) is 6.92 Å². The van der Waals surface area contributed by atoms with Crippen LogP contribution in [0, 0.1) is 5.92 Å². The quantitative estimate of drug-likeness (QED) is 0.796. The molecule has 0 aromatic carbocycles. The number of nitrogens with zero attached hydrogens (tertiary/aromatic N) is 3.